The summed E-state index contributed by atoms with van der Waals surface area (Å²) in [4.78, 5) is 12.4. The van der Waals surface area contributed by atoms with Crippen molar-refractivity contribution >= 4 is 15.8 Å². The highest BCUT2D eigenvalue weighted by Crippen LogP contribution is 2.70. The number of carbonyl (C=O) groups is 1. The molecule has 5 atom stereocenters. The predicted octanol–water partition coefficient (Wildman–Crippen LogP) is 7.43. The van der Waals surface area contributed by atoms with Crippen LogP contribution in [0.15, 0.2) is 76.2 Å². The number of halogens is 5. The molecule has 2 saturated carbocycles. The van der Waals surface area contributed by atoms with Crippen LogP contribution >= 0.6 is 0 Å². The van der Waals surface area contributed by atoms with E-state index < -0.39 is 51.4 Å². The molecule has 4 aliphatic carbocycles. The van der Waals surface area contributed by atoms with Crippen LogP contribution in [0.1, 0.15) is 63.4 Å². The molecule has 0 saturated heterocycles. The van der Waals surface area contributed by atoms with E-state index in [9.17, 15) is 31.5 Å². The number of benzene rings is 2. The number of nitrogens with zero attached hydrogens (tertiary/aromatic N) is 1. The first-order valence-electron chi connectivity index (χ1n) is 15.2. The van der Waals surface area contributed by atoms with E-state index in [1.807, 2.05) is 24.3 Å². The van der Waals surface area contributed by atoms with E-state index in [1.54, 1.807) is 18.2 Å². The zero-order valence-electron chi connectivity index (χ0n) is 25.3. The lowest BCUT2D eigenvalue weighted by atomic mass is 9.50. The van der Waals surface area contributed by atoms with Crippen molar-refractivity contribution in [2.24, 2.45) is 17.3 Å². The first kappa shape index (κ1) is 32.1. The maximum atomic E-state index is 15.2. The molecule has 0 spiro atoms. The number of carbonyl (C=O) groups excluding carboxylic acids is 1. The van der Waals surface area contributed by atoms with Crippen LogP contribution in [-0.4, -0.2) is 55.4 Å². The van der Waals surface area contributed by atoms with Crippen LogP contribution < -0.4 is 0 Å². The summed E-state index contributed by atoms with van der Waals surface area (Å²) in [5, 5.41) is 11.4. The molecule has 2 aromatic carbocycles. The Morgan fingerprint density at radius 3 is 2.07 bits per heavy atom. The lowest BCUT2D eigenvalue weighted by Crippen LogP contribution is -2.65. The number of alkyl halides is 5. The van der Waals surface area contributed by atoms with Gasteiger partial charge in [0.25, 0.3) is 0 Å². The van der Waals surface area contributed by atoms with E-state index in [-0.39, 0.29) is 29.4 Å². The number of sulfonamides is 1. The Morgan fingerprint density at radius 2 is 1.49 bits per heavy atom. The maximum Gasteiger partial charge on any atom is 0.456 e. The Morgan fingerprint density at radius 1 is 0.889 bits per heavy atom. The van der Waals surface area contributed by atoms with Crippen LogP contribution in [0.25, 0.3) is 11.1 Å². The topological polar surface area (TPSA) is 74.7 Å². The van der Waals surface area contributed by atoms with Crippen molar-refractivity contribution in [1.29, 1.82) is 0 Å². The molecule has 0 heterocycles. The van der Waals surface area contributed by atoms with Crippen LogP contribution in [0.4, 0.5) is 22.0 Å². The number of hydrogen-bond acceptors (Lipinski definition) is 4. The van der Waals surface area contributed by atoms with Gasteiger partial charge in [0.1, 0.15) is 5.60 Å². The fraction of sp³-hybridized carbons (Fsp3) is 0.500. The standard InChI is InChI=1S/C34H36F5NO4S/c1-31-19-28(22-6-4-20(5-7-22)21-8-12-25(13-9-21)45(43,44)40(2)3)30-26-15-11-24(41)18-23(26)10-14-27(30)29(31)16-17-32(31,42)33(35,36)34(37,38)39/h4-9,12-13,18,27-29,42H,10-11,14-17,19H2,1-3H3/t27?,28-,29?,31+,32+/m1/s1. The zero-order valence-corrected chi connectivity index (χ0v) is 26.1. The Hall–Kier alpha value is -2.89. The van der Waals surface area contributed by atoms with Gasteiger partial charge < -0.3 is 5.11 Å². The minimum absolute atomic E-state index is 0.0267. The van der Waals surface area contributed by atoms with Crippen LogP contribution in [0.5, 0.6) is 0 Å². The van der Waals surface area contributed by atoms with Crippen LogP contribution in [0.2, 0.25) is 0 Å². The summed E-state index contributed by atoms with van der Waals surface area (Å²) in [6.45, 7) is 1.41. The van der Waals surface area contributed by atoms with Crippen LogP contribution in [0, 0.1) is 17.3 Å². The highest BCUT2D eigenvalue weighted by atomic mass is 32.2. The summed E-state index contributed by atoms with van der Waals surface area (Å²) in [6.07, 6.45) is -3.05. The maximum absolute atomic E-state index is 15.2. The second kappa shape index (κ2) is 10.6. The Kier molecular flexibility index (Phi) is 7.53. The quantitative estimate of drug-likeness (QED) is 0.342. The zero-order chi connectivity index (χ0) is 32.7. The number of rotatable bonds is 5. The molecule has 0 aliphatic heterocycles. The van der Waals surface area contributed by atoms with Gasteiger partial charge in [-0.3, -0.25) is 4.79 Å². The number of aliphatic hydroxyl groups is 1. The number of fused-ring (bicyclic) bond motifs is 4. The molecule has 45 heavy (non-hydrogen) atoms. The first-order valence-corrected chi connectivity index (χ1v) is 16.6. The van der Waals surface area contributed by atoms with Crippen molar-refractivity contribution in [1.82, 2.24) is 4.31 Å². The van der Waals surface area contributed by atoms with Gasteiger partial charge in [0.2, 0.25) is 10.0 Å². The largest absolute Gasteiger partial charge is 0.456 e. The molecule has 0 aromatic heterocycles. The molecule has 242 valence electrons. The number of ketones is 1. The Balaban J connectivity index is 1.43. The summed E-state index contributed by atoms with van der Waals surface area (Å²) in [6, 6.07) is 13.7. The second-order valence-corrected chi connectivity index (χ2v) is 15.6. The van der Waals surface area contributed by atoms with Crippen molar-refractivity contribution < 1.29 is 40.3 Å². The minimum atomic E-state index is -5.90. The van der Waals surface area contributed by atoms with Gasteiger partial charge in [-0.25, -0.2) is 12.7 Å². The van der Waals surface area contributed by atoms with Gasteiger partial charge in [-0.15, -0.1) is 0 Å². The van der Waals surface area contributed by atoms with E-state index in [1.165, 1.54) is 33.2 Å². The van der Waals surface area contributed by atoms with E-state index in [4.69, 9.17) is 0 Å². The highest BCUT2D eigenvalue weighted by Gasteiger charge is 2.79. The third-order valence-electron chi connectivity index (χ3n) is 11.0. The third-order valence-corrected chi connectivity index (χ3v) is 12.9. The fourth-order valence-electron chi connectivity index (χ4n) is 8.65. The lowest BCUT2D eigenvalue weighted by molar-refractivity contribution is -0.362. The van der Waals surface area contributed by atoms with E-state index in [2.05, 4.69) is 0 Å². The van der Waals surface area contributed by atoms with Crippen molar-refractivity contribution in [3.05, 3.63) is 76.9 Å². The molecule has 6 rings (SSSR count). The molecular weight excluding hydrogens is 613 g/mol. The van der Waals surface area contributed by atoms with E-state index >= 15 is 8.78 Å². The summed E-state index contributed by atoms with van der Waals surface area (Å²) in [5.41, 5.74) is 0.220. The molecule has 2 aromatic rings. The predicted molar refractivity (Wildman–Crippen MR) is 159 cm³/mol. The molecule has 5 nitrogen and oxygen atoms in total. The molecule has 2 unspecified atom stereocenters. The molecule has 0 bridgehead atoms. The SMILES string of the molecule is CN(C)S(=O)(=O)c1ccc(-c2ccc([C@H]3C[C@@]4(C)C(CC[C@@]4(O)C(F)(F)C(F)(F)F)C4CCC5=CC(=O)CCC5=C43)cc2)cc1. The molecule has 0 amide bonds. The molecule has 2 fully saturated rings. The van der Waals surface area contributed by atoms with Crippen molar-refractivity contribution in [3.63, 3.8) is 0 Å². The van der Waals surface area contributed by atoms with Crippen LogP contribution in [0.3, 0.4) is 0 Å². The van der Waals surface area contributed by atoms with Gasteiger partial charge in [0, 0.05) is 31.8 Å². The Bertz CT molecular complexity index is 1690. The lowest BCUT2D eigenvalue weighted by Gasteiger charge is -2.56. The molecule has 11 heteroatoms. The van der Waals surface area contributed by atoms with Crippen molar-refractivity contribution in [3.8, 4) is 11.1 Å². The Labute approximate surface area is 259 Å². The van der Waals surface area contributed by atoms with Gasteiger partial charge >= 0.3 is 12.1 Å². The summed E-state index contributed by atoms with van der Waals surface area (Å²) in [7, 11) is -0.710. The van der Waals surface area contributed by atoms with E-state index in [0.29, 0.717) is 25.7 Å². The monoisotopic (exact) mass is 649 g/mol. The number of allylic oxidation sites excluding steroid dienone is 4. The average Bonchev–Trinajstić information content (AvgIpc) is 3.27. The van der Waals surface area contributed by atoms with Gasteiger partial charge in [-0.2, -0.15) is 22.0 Å². The average molecular weight is 650 g/mol. The van der Waals surface area contributed by atoms with Gasteiger partial charge in [0.05, 0.1) is 4.90 Å². The summed E-state index contributed by atoms with van der Waals surface area (Å²) >= 11 is 0. The molecule has 1 N–H and O–H groups in total. The van der Waals surface area contributed by atoms with Crippen LogP contribution in [-0.2, 0) is 14.8 Å². The van der Waals surface area contributed by atoms with Gasteiger partial charge in [-0.1, -0.05) is 48.9 Å². The third kappa shape index (κ3) is 4.75. The van der Waals surface area contributed by atoms with Gasteiger partial charge in [0.15, 0.2) is 5.78 Å². The highest BCUT2D eigenvalue weighted by molar-refractivity contribution is 7.89. The summed E-state index contributed by atoms with van der Waals surface area (Å²) < 4.78 is 97.9. The normalized spacial score (nSPS) is 30.6. The molecule has 0 radical (unpaired) electrons. The number of hydrogen-bond donors (Lipinski definition) is 1. The summed E-state index contributed by atoms with van der Waals surface area (Å²) in [5.74, 6) is -6.65. The van der Waals surface area contributed by atoms with Crippen molar-refractivity contribution in [2.75, 3.05) is 14.1 Å². The molecular formula is C34H36F5NO4S. The van der Waals surface area contributed by atoms with Crippen molar-refractivity contribution in [2.45, 2.75) is 80.4 Å². The van der Waals surface area contributed by atoms with E-state index in [0.717, 1.165) is 37.7 Å². The van der Waals surface area contributed by atoms with Gasteiger partial charge in [-0.05, 0) is 96.4 Å². The molecule has 4 aliphatic rings. The smallest absolute Gasteiger partial charge is 0.383 e. The second-order valence-electron chi connectivity index (χ2n) is 13.4. The first-order chi connectivity index (χ1) is 20.9. The fourth-order valence-corrected chi connectivity index (χ4v) is 9.55. The minimum Gasteiger partial charge on any atom is -0.383 e.